The van der Waals surface area contributed by atoms with Crippen LogP contribution in [0, 0.1) is 0 Å². The fourth-order valence-corrected chi connectivity index (χ4v) is 4.82. The summed E-state index contributed by atoms with van der Waals surface area (Å²) in [7, 11) is 3.51. The first-order valence-electron chi connectivity index (χ1n) is 13.1. The molecule has 0 unspecified atom stereocenters. The molecule has 1 amide bonds. The molecular weight excluding hydrogens is 504 g/mol. The molecule has 0 saturated heterocycles. The van der Waals surface area contributed by atoms with E-state index in [-0.39, 0.29) is 5.43 Å². The zero-order valence-electron chi connectivity index (χ0n) is 23.3. The second kappa shape index (κ2) is 10.8. The summed E-state index contributed by atoms with van der Waals surface area (Å²) in [5.41, 5.74) is 4.10. The van der Waals surface area contributed by atoms with Gasteiger partial charge in [0, 0.05) is 41.2 Å². The van der Waals surface area contributed by atoms with Crippen molar-refractivity contribution in [2.75, 3.05) is 12.4 Å². The molecule has 0 atom stereocenters. The number of fused-ring (bicyclic) bond motifs is 2. The van der Waals surface area contributed by atoms with Crippen molar-refractivity contribution in [3.63, 3.8) is 0 Å². The highest BCUT2D eigenvalue weighted by atomic mass is 16.6. The number of aryl methyl sites for hydroxylation is 1. The van der Waals surface area contributed by atoms with Crippen LogP contribution in [0.4, 0.5) is 10.5 Å². The van der Waals surface area contributed by atoms with E-state index in [9.17, 15) is 9.59 Å². The van der Waals surface area contributed by atoms with Gasteiger partial charge >= 0.3 is 6.09 Å². The zero-order chi connectivity index (χ0) is 28.4. The highest BCUT2D eigenvalue weighted by Gasteiger charge is 2.25. The molecule has 0 spiro atoms. The van der Waals surface area contributed by atoms with Gasteiger partial charge in [0.05, 0.1) is 24.1 Å². The Balaban J connectivity index is 1.72. The van der Waals surface area contributed by atoms with Crippen LogP contribution in [-0.2, 0) is 18.4 Å². The van der Waals surface area contributed by atoms with Crippen molar-refractivity contribution in [1.82, 2.24) is 4.57 Å². The van der Waals surface area contributed by atoms with E-state index >= 15 is 0 Å². The number of para-hydroxylation sites is 1. The first-order valence-corrected chi connectivity index (χ1v) is 13.1. The number of aromatic nitrogens is 1. The lowest BCUT2D eigenvalue weighted by molar-refractivity contribution is 0.0636. The van der Waals surface area contributed by atoms with Crippen LogP contribution in [0.2, 0.25) is 0 Å². The van der Waals surface area contributed by atoms with Gasteiger partial charge in [-0.15, -0.1) is 0 Å². The molecule has 0 aromatic heterocycles. The molecule has 1 aliphatic carbocycles. The summed E-state index contributed by atoms with van der Waals surface area (Å²) in [4.78, 5) is 26.6. The number of nitrogens with one attached hydrogen (secondary N) is 1. The molecule has 1 aliphatic heterocycles. The maximum Gasteiger partial charge on any atom is 0.412 e. The van der Waals surface area contributed by atoms with E-state index in [1.54, 1.807) is 40.0 Å². The maximum absolute atomic E-state index is 13.8. The Kier molecular flexibility index (Phi) is 7.22. The third-order valence-corrected chi connectivity index (χ3v) is 6.58. The number of carbonyl (C=O) groups excluding carboxylic acids is 1. The Hall–Kier alpha value is -4.78. The molecule has 0 fully saturated rings. The number of pyridine rings is 1. The molecule has 7 heteroatoms. The van der Waals surface area contributed by atoms with Crippen LogP contribution >= 0.6 is 0 Å². The number of hydrogen-bond acceptors (Lipinski definition) is 5. The molecule has 3 aromatic rings. The number of amides is 1. The number of ether oxygens (including phenoxy) is 3. The van der Waals surface area contributed by atoms with Crippen molar-refractivity contribution in [2.24, 2.45) is 7.05 Å². The Morgan fingerprint density at radius 2 is 1.60 bits per heavy atom. The molecule has 0 bridgehead atoms. The smallest absolute Gasteiger partial charge is 0.412 e. The van der Waals surface area contributed by atoms with Gasteiger partial charge in [0.15, 0.2) is 5.43 Å². The van der Waals surface area contributed by atoms with Crippen LogP contribution in [0.25, 0.3) is 33.3 Å². The van der Waals surface area contributed by atoms with E-state index in [0.717, 1.165) is 16.5 Å². The van der Waals surface area contributed by atoms with E-state index in [1.807, 2.05) is 78.3 Å². The van der Waals surface area contributed by atoms with Crippen molar-refractivity contribution >= 4 is 22.7 Å². The van der Waals surface area contributed by atoms with Gasteiger partial charge in [-0.05, 0) is 50.6 Å². The number of hydrogen-bond donors (Lipinski definition) is 1. The van der Waals surface area contributed by atoms with E-state index < -0.39 is 11.7 Å². The fraction of sp³-hybridized carbons (Fsp3) is 0.212. The van der Waals surface area contributed by atoms with Crippen molar-refractivity contribution in [1.29, 1.82) is 0 Å². The topological polar surface area (TPSA) is 78.8 Å². The molecule has 1 heterocycles. The second-order valence-corrected chi connectivity index (χ2v) is 10.6. The minimum absolute atomic E-state index is 0.192. The van der Waals surface area contributed by atoms with Crippen molar-refractivity contribution in [2.45, 2.75) is 33.0 Å². The number of methoxy groups -OCH3 is 1. The van der Waals surface area contributed by atoms with E-state index in [0.29, 0.717) is 46.2 Å². The summed E-state index contributed by atoms with van der Waals surface area (Å²) in [6.07, 6.45) is -0.590. The van der Waals surface area contributed by atoms with Crippen LogP contribution in [0.15, 0.2) is 89.7 Å². The van der Waals surface area contributed by atoms with Gasteiger partial charge in [0.25, 0.3) is 0 Å². The van der Waals surface area contributed by atoms with Crippen LogP contribution in [0.3, 0.4) is 0 Å². The molecule has 40 heavy (non-hydrogen) atoms. The zero-order valence-corrected chi connectivity index (χ0v) is 23.3. The highest BCUT2D eigenvalue weighted by molar-refractivity contribution is 6.07. The van der Waals surface area contributed by atoms with Gasteiger partial charge < -0.3 is 18.8 Å². The largest absolute Gasteiger partial charge is 0.497 e. The number of anilines is 1. The summed E-state index contributed by atoms with van der Waals surface area (Å²) in [5.74, 6) is 1.07. The molecule has 204 valence electrons. The quantitative estimate of drug-likeness (QED) is 0.231. The SMILES string of the molecule is COc1ccc(NC(=O)OC(C)(C)C)c(-c2c3c(=O)cc(OCc4ccccc4)cc-3n(C)c3ccccc23)c1. The minimum atomic E-state index is -0.672. The van der Waals surface area contributed by atoms with E-state index in [2.05, 4.69) is 5.32 Å². The molecular formula is C33H32N2O5. The number of nitrogens with zero attached hydrogens (tertiary/aromatic N) is 1. The summed E-state index contributed by atoms with van der Waals surface area (Å²) in [6, 6.07) is 26.4. The normalized spacial score (nSPS) is 11.4. The molecule has 0 radical (unpaired) electrons. The molecule has 5 rings (SSSR count). The molecule has 1 N–H and O–H groups in total. The lowest BCUT2D eigenvalue weighted by Crippen LogP contribution is -2.27. The summed E-state index contributed by atoms with van der Waals surface area (Å²) in [6.45, 7) is 5.76. The van der Waals surface area contributed by atoms with Crippen LogP contribution in [-0.4, -0.2) is 23.4 Å². The highest BCUT2D eigenvalue weighted by Crippen LogP contribution is 2.43. The average Bonchev–Trinajstić information content (AvgIpc) is 2.92. The Labute approximate surface area is 233 Å². The van der Waals surface area contributed by atoms with Gasteiger partial charge in [0.2, 0.25) is 0 Å². The van der Waals surface area contributed by atoms with Gasteiger partial charge in [-0.25, -0.2) is 4.79 Å². The van der Waals surface area contributed by atoms with Gasteiger partial charge in [-0.2, -0.15) is 0 Å². The predicted octanol–water partition coefficient (Wildman–Crippen LogP) is 7.24. The lowest BCUT2D eigenvalue weighted by atomic mass is 9.90. The number of rotatable bonds is 6. The van der Waals surface area contributed by atoms with Crippen molar-refractivity contribution in [3.8, 4) is 33.9 Å². The van der Waals surface area contributed by atoms with Crippen molar-refractivity contribution < 1.29 is 19.0 Å². The Bertz CT molecular complexity index is 1720. The van der Waals surface area contributed by atoms with E-state index in [4.69, 9.17) is 14.2 Å². The molecule has 7 nitrogen and oxygen atoms in total. The fourth-order valence-electron chi connectivity index (χ4n) is 4.82. The van der Waals surface area contributed by atoms with Gasteiger partial charge in [0.1, 0.15) is 23.7 Å². The molecule has 0 saturated carbocycles. The Morgan fingerprint density at radius 1 is 0.875 bits per heavy atom. The first kappa shape index (κ1) is 26.8. The molecule has 2 aliphatic rings. The summed E-state index contributed by atoms with van der Waals surface area (Å²) < 4.78 is 19.1. The third kappa shape index (κ3) is 5.50. The second-order valence-electron chi connectivity index (χ2n) is 10.6. The van der Waals surface area contributed by atoms with E-state index in [1.165, 1.54) is 6.07 Å². The van der Waals surface area contributed by atoms with Crippen LogP contribution < -0.4 is 20.2 Å². The third-order valence-electron chi connectivity index (χ3n) is 6.58. The monoisotopic (exact) mass is 536 g/mol. The van der Waals surface area contributed by atoms with Crippen LogP contribution in [0.1, 0.15) is 26.3 Å². The van der Waals surface area contributed by atoms with Gasteiger partial charge in [-0.1, -0.05) is 48.5 Å². The number of carbonyl (C=O) groups is 1. The average molecular weight is 537 g/mol. The van der Waals surface area contributed by atoms with Crippen LogP contribution in [0.5, 0.6) is 11.5 Å². The maximum atomic E-state index is 13.8. The Morgan fingerprint density at radius 3 is 2.33 bits per heavy atom. The minimum Gasteiger partial charge on any atom is -0.497 e. The predicted molar refractivity (Wildman–Crippen MR) is 158 cm³/mol. The summed E-state index contributed by atoms with van der Waals surface area (Å²) in [5, 5.41) is 3.73. The van der Waals surface area contributed by atoms with Gasteiger partial charge in [-0.3, -0.25) is 10.1 Å². The van der Waals surface area contributed by atoms with Crippen molar-refractivity contribution in [3.05, 3.63) is 101 Å². The lowest BCUT2D eigenvalue weighted by Gasteiger charge is -2.24. The first-order chi connectivity index (χ1) is 19.1. The summed E-state index contributed by atoms with van der Waals surface area (Å²) >= 11 is 0. The standard InChI is InChI=1S/C33H32N2O5/c1-33(2,3)40-32(37)34-26-16-15-22(38-5)17-25(26)30-24-13-9-10-14-27(24)35(4)28-18-23(19-29(36)31(28)30)39-20-21-11-7-6-8-12-21/h6-19H,20H2,1-5H3,(H,34,37). The number of benzene rings is 4. The molecule has 3 aromatic carbocycles.